The highest BCUT2D eigenvalue weighted by Gasteiger charge is 2.12. The van der Waals surface area contributed by atoms with Gasteiger partial charge in [-0.2, -0.15) is 5.10 Å². The Kier molecular flexibility index (Phi) is 1.77. The number of pyridine rings is 1. The first-order valence-corrected chi connectivity index (χ1v) is 4.21. The molecule has 0 fully saturated rings. The van der Waals surface area contributed by atoms with E-state index < -0.39 is 5.97 Å². The Morgan fingerprint density at radius 3 is 3.00 bits per heavy atom. The van der Waals surface area contributed by atoms with Crippen LogP contribution in [0.15, 0.2) is 16.7 Å². The summed E-state index contributed by atoms with van der Waals surface area (Å²) in [6.07, 6.45) is 0. The maximum atomic E-state index is 10.7. The standard InChI is InChI=1S/C7H4BrN3O2/c8-4-2-1-3-5(7(12)13)10-11-6(3)9-4/h1-2H,(H,12,13)(H,9,10,11). The third-order valence-corrected chi connectivity index (χ3v) is 2.04. The molecule has 0 unspecified atom stereocenters. The molecule has 5 nitrogen and oxygen atoms in total. The highest BCUT2D eigenvalue weighted by molar-refractivity contribution is 9.10. The van der Waals surface area contributed by atoms with E-state index >= 15 is 0 Å². The predicted octanol–water partition coefficient (Wildman–Crippen LogP) is 1.42. The van der Waals surface area contributed by atoms with Gasteiger partial charge >= 0.3 is 5.97 Å². The van der Waals surface area contributed by atoms with Crippen molar-refractivity contribution in [2.75, 3.05) is 0 Å². The molecule has 0 spiro atoms. The zero-order chi connectivity index (χ0) is 9.42. The van der Waals surface area contributed by atoms with Crippen LogP contribution in [0.4, 0.5) is 0 Å². The number of H-pyrrole nitrogens is 1. The van der Waals surface area contributed by atoms with Gasteiger partial charge in [0.2, 0.25) is 0 Å². The van der Waals surface area contributed by atoms with Crippen LogP contribution in [-0.4, -0.2) is 26.3 Å². The van der Waals surface area contributed by atoms with Gasteiger partial charge in [0.05, 0.1) is 5.39 Å². The normalized spacial score (nSPS) is 10.5. The lowest BCUT2D eigenvalue weighted by molar-refractivity contribution is 0.0692. The first-order chi connectivity index (χ1) is 6.18. The number of carboxylic acids is 1. The molecule has 0 atom stereocenters. The molecule has 0 aromatic carbocycles. The van der Waals surface area contributed by atoms with Gasteiger partial charge in [-0.05, 0) is 28.1 Å². The van der Waals surface area contributed by atoms with Crippen LogP contribution in [0.1, 0.15) is 10.5 Å². The molecule has 0 aliphatic rings. The van der Waals surface area contributed by atoms with E-state index in [9.17, 15) is 4.79 Å². The van der Waals surface area contributed by atoms with Crippen molar-refractivity contribution in [3.05, 3.63) is 22.4 Å². The number of carboxylic acid groups (broad SMARTS) is 1. The molecule has 2 rings (SSSR count). The van der Waals surface area contributed by atoms with Crippen LogP contribution in [0.5, 0.6) is 0 Å². The van der Waals surface area contributed by atoms with E-state index in [0.29, 0.717) is 15.6 Å². The molecule has 2 aromatic heterocycles. The molecule has 0 saturated carbocycles. The number of halogens is 1. The maximum absolute atomic E-state index is 10.7. The van der Waals surface area contributed by atoms with Crippen LogP contribution in [0.25, 0.3) is 11.0 Å². The Morgan fingerprint density at radius 2 is 2.31 bits per heavy atom. The minimum absolute atomic E-state index is 0.0648. The Morgan fingerprint density at radius 1 is 1.54 bits per heavy atom. The smallest absolute Gasteiger partial charge is 0.354 e. The molecular formula is C7H4BrN3O2. The Balaban J connectivity index is 2.76. The lowest BCUT2D eigenvalue weighted by atomic mass is 10.3. The van der Waals surface area contributed by atoms with Gasteiger partial charge in [-0.3, -0.25) is 5.10 Å². The number of carbonyl (C=O) groups is 1. The van der Waals surface area contributed by atoms with Crippen molar-refractivity contribution in [1.29, 1.82) is 0 Å². The summed E-state index contributed by atoms with van der Waals surface area (Å²) in [5.74, 6) is -1.04. The zero-order valence-corrected chi connectivity index (χ0v) is 7.87. The summed E-state index contributed by atoms with van der Waals surface area (Å²) < 4.78 is 0.628. The van der Waals surface area contributed by atoms with Crippen molar-refractivity contribution in [2.24, 2.45) is 0 Å². The Labute approximate surface area is 80.9 Å². The minimum atomic E-state index is -1.04. The third kappa shape index (κ3) is 1.29. The highest BCUT2D eigenvalue weighted by atomic mass is 79.9. The first-order valence-electron chi connectivity index (χ1n) is 3.42. The summed E-state index contributed by atoms with van der Waals surface area (Å²) in [4.78, 5) is 14.6. The predicted molar refractivity (Wildman–Crippen MR) is 48.5 cm³/mol. The van der Waals surface area contributed by atoms with Crippen LogP contribution < -0.4 is 0 Å². The molecule has 2 N–H and O–H groups in total. The van der Waals surface area contributed by atoms with Crippen molar-refractivity contribution >= 4 is 32.9 Å². The molecule has 2 aromatic rings. The summed E-state index contributed by atoms with van der Waals surface area (Å²) in [5.41, 5.74) is 0.460. The lowest BCUT2D eigenvalue weighted by Crippen LogP contribution is -1.96. The van der Waals surface area contributed by atoms with E-state index in [1.54, 1.807) is 12.1 Å². The van der Waals surface area contributed by atoms with Gasteiger partial charge in [-0.25, -0.2) is 9.78 Å². The Hall–Kier alpha value is -1.43. The van der Waals surface area contributed by atoms with E-state index in [4.69, 9.17) is 5.11 Å². The number of aromatic nitrogens is 3. The van der Waals surface area contributed by atoms with E-state index in [2.05, 4.69) is 31.1 Å². The summed E-state index contributed by atoms with van der Waals surface area (Å²) in [6, 6.07) is 3.32. The summed E-state index contributed by atoms with van der Waals surface area (Å²) in [7, 11) is 0. The molecule has 0 radical (unpaired) electrons. The number of rotatable bonds is 1. The number of nitrogens with zero attached hydrogens (tertiary/aromatic N) is 2. The summed E-state index contributed by atoms with van der Waals surface area (Å²) >= 11 is 3.17. The average molecular weight is 242 g/mol. The zero-order valence-electron chi connectivity index (χ0n) is 6.28. The van der Waals surface area contributed by atoms with Crippen LogP contribution >= 0.6 is 15.9 Å². The fourth-order valence-electron chi connectivity index (χ4n) is 1.04. The van der Waals surface area contributed by atoms with E-state index in [0.717, 1.165) is 0 Å². The molecule has 0 saturated heterocycles. The average Bonchev–Trinajstić information content (AvgIpc) is 2.46. The molecular weight excluding hydrogens is 238 g/mol. The lowest BCUT2D eigenvalue weighted by Gasteiger charge is -1.90. The third-order valence-electron chi connectivity index (χ3n) is 1.60. The van der Waals surface area contributed by atoms with Crippen molar-refractivity contribution in [3.8, 4) is 0 Å². The second kappa shape index (κ2) is 2.81. The molecule has 0 amide bonds. The molecule has 2 heterocycles. The van der Waals surface area contributed by atoms with Crippen LogP contribution in [0, 0.1) is 0 Å². The number of aromatic amines is 1. The first kappa shape index (κ1) is 8.18. The fraction of sp³-hybridized carbons (Fsp3) is 0. The number of nitrogens with one attached hydrogen (secondary N) is 1. The van der Waals surface area contributed by atoms with Gasteiger partial charge in [-0.1, -0.05) is 0 Å². The van der Waals surface area contributed by atoms with Crippen LogP contribution in [0.3, 0.4) is 0 Å². The molecule has 13 heavy (non-hydrogen) atoms. The largest absolute Gasteiger partial charge is 0.477 e. The summed E-state index contributed by atoms with van der Waals surface area (Å²) in [6.45, 7) is 0. The van der Waals surface area contributed by atoms with Crippen LogP contribution in [-0.2, 0) is 0 Å². The second-order valence-electron chi connectivity index (χ2n) is 2.41. The molecule has 0 bridgehead atoms. The van der Waals surface area contributed by atoms with Crippen molar-refractivity contribution in [2.45, 2.75) is 0 Å². The van der Waals surface area contributed by atoms with Crippen molar-refractivity contribution < 1.29 is 9.90 Å². The second-order valence-corrected chi connectivity index (χ2v) is 3.22. The number of fused-ring (bicyclic) bond motifs is 1. The quantitative estimate of drug-likeness (QED) is 0.741. The van der Waals surface area contributed by atoms with Gasteiger partial charge in [0, 0.05) is 0 Å². The van der Waals surface area contributed by atoms with E-state index in [1.807, 2.05) is 0 Å². The van der Waals surface area contributed by atoms with Gasteiger partial charge in [0.15, 0.2) is 11.3 Å². The number of hydrogen-bond donors (Lipinski definition) is 2. The molecule has 0 aliphatic carbocycles. The molecule has 66 valence electrons. The van der Waals surface area contributed by atoms with Crippen molar-refractivity contribution in [1.82, 2.24) is 15.2 Å². The maximum Gasteiger partial charge on any atom is 0.354 e. The van der Waals surface area contributed by atoms with Gasteiger partial charge < -0.3 is 5.11 Å². The van der Waals surface area contributed by atoms with Crippen LogP contribution in [0.2, 0.25) is 0 Å². The minimum Gasteiger partial charge on any atom is -0.477 e. The summed E-state index contributed by atoms with van der Waals surface area (Å²) in [5, 5.41) is 15.4. The van der Waals surface area contributed by atoms with Crippen molar-refractivity contribution in [3.63, 3.8) is 0 Å². The number of hydrogen-bond acceptors (Lipinski definition) is 3. The topological polar surface area (TPSA) is 78.9 Å². The van der Waals surface area contributed by atoms with E-state index in [1.165, 1.54) is 0 Å². The van der Waals surface area contributed by atoms with E-state index in [-0.39, 0.29) is 5.69 Å². The van der Waals surface area contributed by atoms with Gasteiger partial charge in [0.1, 0.15) is 4.60 Å². The highest BCUT2D eigenvalue weighted by Crippen LogP contribution is 2.16. The van der Waals surface area contributed by atoms with Gasteiger partial charge in [-0.15, -0.1) is 0 Å². The molecule has 0 aliphatic heterocycles. The molecule has 6 heteroatoms. The Bertz CT molecular complexity index is 480. The van der Waals surface area contributed by atoms with Gasteiger partial charge in [0.25, 0.3) is 0 Å². The number of aromatic carboxylic acids is 1. The SMILES string of the molecule is O=C(O)c1[nH]nc2nc(Br)ccc12. The monoisotopic (exact) mass is 241 g/mol. The fourth-order valence-corrected chi connectivity index (χ4v) is 1.34.